The van der Waals surface area contributed by atoms with Crippen molar-refractivity contribution >= 4 is 11.6 Å². The van der Waals surface area contributed by atoms with Gasteiger partial charge in [-0.2, -0.15) is 13.2 Å². The summed E-state index contributed by atoms with van der Waals surface area (Å²) in [6, 6.07) is 0. The Labute approximate surface area is 103 Å². The summed E-state index contributed by atoms with van der Waals surface area (Å²) in [5.74, 6) is 6.12. The number of nitrogen functional groups attached to an aromatic ring is 1. The van der Waals surface area contributed by atoms with E-state index in [0.29, 0.717) is 17.2 Å². The van der Waals surface area contributed by atoms with E-state index in [1.165, 1.54) is 6.33 Å². The Morgan fingerprint density at radius 2 is 1.89 bits per heavy atom. The number of anilines is 2. The molecule has 0 aliphatic rings. The molecule has 0 unspecified atom stereocenters. The standard InChI is InChI=1S/C10H16F3N5/c1-6(2)7-8(15-4-3-10(11,12)13)16-5-17-9(7)18-14/h5-6H,3-4,14H2,1-2H3,(H2,15,16,17,18). The zero-order valence-corrected chi connectivity index (χ0v) is 10.2. The largest absolute Gasteiger partial charge is 0.390 e. The van der Waals surface area contributed by atoms with Crippen molar-refractivity contribution in [1.82, 2.24) is 9.97 Å². The van der Waals surface area contributed by atoms with Crippen LogP contribution in [0.2, 0.25) is 0 Å². The van der Waals surface area contributed by atoms with Crippen LogP contribution < -0.4 is 16.6 Å². The normalized spacial score (nSPS) is 11.7. The van der Waals surface area contributed by atoms with Crippen LogP contribution in [0.4, 0.5) is 24.8 Å². The van der Waals surface area contributed by atoms with Crippen molar-refractivity contribution in [2.24, 2.45) is 5.84 Å². The quantitative estimate of drug-likeness (QED) is 0.561. The average Bonchev–Trinajstić information content (AvgIpc) is 2.26. The highest BCUT2D eigenvalue weighted by Crippen LogP contribution is 2.28. The van der Waals surface area contributed by atoms with Crippen molar-refractivity contribution in [3.63, 3.8) is 0 Å². The van der Waals surface area contributed by atoms with Gasteiger partial charge in [-0.1, -0.05) is 13.8 Å². The van der Waals surface area contributed by atoms with Crippen LogP contribution in [0.15, 0.2) is 6.33 Å². The summed E-state index contributed by atoms with van der Waals surface area (Å²) in [6.07, 6.45) is -3.86. The molecule has 0 spiro atoms. The van der Waals surface area contributed by atoms with Gasteiger partial charge < -0.3 is 10.7 Å². The Morgan fingerprint density at radius 1 is 1.28 bits per heavy atom. The zero-order valence-electron chi connectivity index (χ0n) is 10.2. The molecular formula is C10H16F3N5. The van der Waals surface area contributed by atoms with E-state index in [0.717, 1.165) is 0 Å². The van der Waals surface area contributed by atoms with Crippen LogP contribution in [-0.4, -0.2) is 22.7 Å². The molecule has 0 fully saturated rings. The molecule has 18 heavy (non-hydrogen) atoms. The first-order valence-corrected chi connectivity index (χ1v) is 5.47. The maximum Gasteiger partial charge on any atom is 0.390 e. The molecule has 0 saturated carbocycles. The van der Waals surface area contributed by atoms with E-state index in [-0.39, 0.29) is 12.5 Å². The number of hydrazine groups is 1. The molecule has 1 aromatic rings. The van der Waals surface area contributed by atoms with Gasteiger partial charge in [0.05, 0.1) is 6.42 Å². The molecule has 0 atom stereocenters. The third-order valence-corrected chi connectivity index (χ3v) is 2.30. The molecule has 0 aliphatic carbocycles. The first-order valence-electron chi connectivity index (χ1n) is 5.47. The molecule has 0 aliphatic heterocycles. The molecule has 0 radical (unpaired) electrons. The molecule has 0 saturated heterocycles. The lowest BCUT2D eigenvalue weighted by Gasteiger charge is -2.16. The minimum atomic E-state index is -4.19. The molecular weight excluding hydrogens is 247 g/mol. The van der Waals surface area contributed by atoms with E-state index >= 15 is 0 Å². The van der Waals surface area contributed by atoms with E-state index in [1.54, 1.807) is 0 Å². The number of nitrogens with one attached hydrogen (secondary N) is 2. The van der Waals surface area contributed by atoms with Gasteiger partial charge >= 0.3 is 6.18 Å². The molecule has 0 bridgehead atoms. The number of hydrogen-bond donors (Lipinski definition) is 3. The lowest BCUT2D eigenvalue weighted by molar-refractivity contribution is -0.131. The van der Waals surface area contributed by atoms with Crippen molar-refractivity contribution in [1.29, 1.82) is 0 Å². The SMILES string of the molecule is CC(C)c1c(NN)ncnc1NCCC(F)(F)F. The Balaban J connectivity index is 2.82. The summed E-state index contributed by atoms with van der Waals surface area (Å²) in [7, 11) is 0. The minimum absolute atomic E-state index is 0.0330. The third-order valence-electron chi connectivity index (χ3n) is 2.30. The highest BCUT2D eigenvalue weighted by molar-refractivity contribution is 5.58. The summed E-state index contributed by atoms with van der Waals surface area (Å²) in [5.41, 5.74) is 3.08. The van der Waals surface area contributed by atoms with E-state index in [4.69, 9.17) is 5.84 Å². The number of rotatable bonds is 5. The van der Waals surface area contributed by atoms with E-state index in [9.17, 15) is 13.2 Å². The summed E-state index contributed by atoms with van der Waals surface area (Å²) in [6.45, 7) is 3.53. The summed E-state index contributed by atoms with van der Waals surface area (Å²) in [5, 5.41) is 2.66. The first kappa shape index (κ1) is 14.5. The maximum absolute atomic E-state index is 12.1. The fourth-order valence-electron chi connectivity index (χ4n) is 1.52. The maximum atomic E-state index is 12.1. The lowest BCUT2D eigenvalue weighted by atomic mass is 10.0. The van der Waals surface area contributed by atoms with Crippen molar-refractivity contribution in [2.45, 2.75) is 32.4 Å². The van der Waals surface area contributed by atoms with E-state index in [2.05, 4.69) is 20.7 Å². The van der Waals surface area contributed by atoms with Crippen LogP contribution in [-0.2, 0) is 0 Å². The highest BCUT2D eigenvalue weighted by Gasteiger charge is 2.26. The number of aromatic nitrogens is 2. The Hall–Kier alpha value is -1.57. The molecule has 4 N–H and O–H groups in total. The van der Waals surface area contributed by atoms with Crippen LogP contribution in [0.25, 0.3) is 0 Å². The minimum Gasteiger partial charge on any atom is -0.369 e. The molecule has 102 valence electrons. The van der Waals surface area contributed by atoms with Crippen LogP contribution in [0.5, 0.6) is 0 Å². The second kappa shape index (κ2) is 5.85. The van der Waals surface area contributed by atoms with Crippen LogP contribution >= 0.6 is 0 Å². The van der Waals surface area contributed by atoms with E-state index < -0.39 is 12.6 Å². The molecule has 0 amide bonds. The summed E-state index contributed by atoms with van der Waals surface area (Å²) < 4.78 is 36.2. The number of nitrogens with zero attached hydrogens (tertiary/aromatic N) is 2. The first-order chi connectivity index (χ1) is 8.35. The lowest BCUT2D eigenvalue weighted by Crippen LogP contribution is -2.18. The predicted molar refractivity (Wildman–Crippen MR) is 63.1 cm³/mol. The number of hydrogen-bond acceptors (Lipinski definition) is 5. The molecule has 8 heteroatoms. The van der Waals surface area contributed by atoms with Gasteiger partial charge in [0.1, 0.15) is 18.0 Å². The molecule has 1 rings (SSSR count). The second-order valence-electron chi connectivity index (χ2n) is 4.08. The molecule has 0 aromatic carbocycles. The number of alkyl halides is 3. The van der Waals surface area contributed by atoms with Crippen LogP contribution in [0, 0.1) is 0 Å². The van der Waals surface area contributed by atoms with Gasteiger partial charge in [0.2, 0.25) is 0 Å². The van der Waals surface area contributed by atoms with Crippen LogP contribution in [0.3, 0.4) is 0 Å². The van der Waals surface area contributed by atoms with Gasteiger partial charge in [0.15, 0.2) is 0 Å². The Kier molecular flexibility index (Phi) is 4.71. The van der Waals surface area contributed by atoms with Gasteiger partial charge in [0.25, 0.3) is 0 Å². The number of nitrogens with two attached hydrogens (primary N) is 1. The fourth-order valence-corrected chi connectivity index (χ4v) is 1.52. The third kappa shape index (κ3) is 4.02. The second-order valence-corrected chi connectivity index (χ2v) is 4.08. The van der Waals surface area contributed by atoms with Gasteiger partial charge in [-0.15, -0.1) is 0 Å². The van der Waals surface area contributed by atoms with Gasteiger partial charge in [0, 0.05) is 12.1 Å². The van der Waals surface area contributed by atoms with E-state index in [1.807, 2.05) is 13.8 Å². The Morgan fingerprint density at radius 3 is 2.39 bits per heavy atom. The van der Waals surface area contributed by atoms with Crippen molar-refractivity contribution in [3.05, 3.63) is 11.9 Å². The summed E-state index contributed by atoms with van der Waals surface area (Å²) >= 11 is 0. The van der Waals surface area contributed by atoms with Crippen molar-refractivity contribution in [2.75, 3.05) is 17.3 Å². The molecule has 5 nitrogen and oxygen atoms in total. The predicted octanol–water partition coefficient (Wildman–Crippen LogP) is 2.25. The van der Waals surface area contributed by atoms with Gasteiger partial charge in [-0.05, 0) is 5.92 Å². The average molecular weight is 263 g/mol. The summed E-state index contributed by atoms with van der Waals surface area (Å²) in [4.78, 5) is 7.87. The van der Waals surface area contributed by atoms with Crippen molar-refractivity contribution < 1.29 is 13.2 Å². The van der Waals surface area contributed by atoms with Gasteiger partial charge in [-0.25, -0.2) is 15.8 Å². The van der Waals surface area contributed by atoms with Crippen LogP contribution in [0.1, 0.15) is 31.7 Å². The van der Waals surface area contributed by atoms with Crippen molar-refractivity contribution in [3.8, 4) is 0 Å². The molecule has 1 aromatic heterocycles. The topological polar surface area (TPSA) is 75.9 Å². The van der Waals surface area contributed by atoms with Gasteiger partial charge in [-0.3, -0.25) is 0 Å². The Bertz CT molecular complexity index is 392. The smallest absolute Gasteiger partial charge is 0.369 e. The monoisotopic (exact) mass is 263 g/mol. The molecule has 1 heterocycles. The fraction of sp³-hybridized carbons (Fsp3) is 0.600. The highest BCUT2D eigenvalue weighted by atomic mass is 19.4. The number of halogens is 3. The zero-order chi connectivity index (χ0) is 13.8.